The summed E-state index contributed by atoms with van der Waals surface area (Å²) in [4.78, 5) is 57.6. The van der Waals surface area contributed by atoms with Crippen LogP contribution < -0.4 is 11.3 Å². The van der Waals surface area contributed by atoms with Crippen molar-refractivity contribution in [3.8, 4) is 0 Å². The molecule has 0 aliphatic carbocycles. The van der Waals surface area contributed by atoms with Crippen LogP contribution in [0.3, 0.4) is 0 Å². The van der Waals surface area contributed by atoms with Gasteiger partial charge in [0.2, 0.25) is 5.95 Å². The monoisotopic (exact) mass is 523 g/mol. The zero-order valence-corrected chi connectivity index (χ0v) is 19.0. The number of rotatable bonds is 11. The van der Waals surface area contributed by atoms with E-state index in [9.17, 15) is 28.5 Å². The number of phosphoric acid groups is 3. The molecule has 0 fully saturated rings. The second-order valence-corrected chi connectivity index (χ2v) is 10.6. The Morgan fingerprint density at radius 3 is 2.34 bits per heavy atom. The van der Waals surface area contributed by atoms with Crippen LogP contribution >= 0.6 is 23.5 Å². The lowest BCUT2D eigenvalue weighted by atomic mass is 10.2. The molecule has 2 aromatic rings. The molecule has 182 valence electrons. The number of phosphoric ester groups is 1. The quantitative estimate of drug-likeness (QED) is 0.180. The number of ether oxygens (including phenoxy) is 1. The lowest BCUT2D eigenvalue weighted by Gasteiger charge is -2.26. The van der Waals surface area contributed by atoms with Gasteiger partial charge in [-0.1, -0.05) is 0 Å². The molecule has 0 aromatic carbocycles. The van der Waals surface area contributed by atoms with E-state index in [0.717, 1.165) is 0 Å². The normalized spacial score (nSPS) is 19.2. The molecule has 2 heterocycles. The Labute approximate surface area is 178 Å². The van der Waals surface area contributed by atoms with Gasteiger partial charge in [-0.3, -0.25) is 18.9 Å². The van der Waals surface area contributed by atoms with Crippen molar-refractivity contribution in [2.75, 3.05) is 12.3 Å². The molecule has 2 aromatic heterocycles. The minimum atomic E-state index is -5.69. The number of H-pyrrole nitrogens is 1. The van der Waals surface area contributed by atoms with Gasteiger partial charge in [-0.15, -0.1) is 0 Å². The van der Waals surface area contributed by atoms with Crippen LogP contribution in [0.15, 0.2) is 11.1 Å². The SMILES string of the molecule is C[C@H](O)[C@@H](COP(=O)(O)OP(=O)(O)OP(=O)(O)O)O[C@H](C)n1cnc2c(=O)[nH]c(N)nc21. The molecule has 2 unspecified atom stereocenters. The number of imidazole rings is 1. The van der Waals surface area contributed by atoms with Crippen molar-refractivity contribution < 1.29 is 56.3 Å². The highest BCUT2D eigenvalue weighted by molar-refractivity contribution is 7.66. The minimum Gasteiger partial charge on any atom is -0.391 e. The van der Waals surface area contributed by atoms with Crippen LogP contribution in [0.25, 0.3) is 11.2 Å². The van der Waals surface area contributed by atoms with Gasteiger partial charge in [0, 0.05) is 0 Å². The number of fused-ring (bicyclic) bond motifs is 1. The van der Waals surface area contributed by atoms with Crippen LogP contribution in [0.4, 0.5) is 5.95 Å². The third-order valence-corrected chi connectivity index (χ3v) is 7.37. The molecule has 0 radical (unpaired) electrons. The van der Waals surface area contributed by atoms with Gasteiger partial charge >= 0.3 is 23.5 Å². The second kappa shape index (κ2) is 9.77. The van der Waals surface area contributed by atoms with Crippen molar-refractivity contribution in [3.05, 3.63) is 16.7 Å². The molecular formula is C11H20N5O13P3. The Bertz CT molecular complexity index is 1160. The predicted octanol–water partition coefficient (Wildman–Crippen LogP) is -0.670. The van der Waals surface area contributed by atoms with E-state index in [1.54, 1.807) is 0 Å². The number of hydrogen-bond donors (Lipinski definition) is 7. The zero-order chi connectivity index (χ0) is 24.5. The Morgan fingerprint density at radius 2 is 1.78 bits per heavy atom. The Balaban J connectivity index is 2.11. The summed E-state index contributed by atoms with van der Waals surface area (Å²) in [5, 5.41) is 9.88. The Morgan fingerprint density at radius 1 is 1.16 bits per heavy atom. The van der Waals surface area contributed by atoms with Crippen LogP contribution in [0.2, 0.25) is 0 Å². The van der Waals surface area contributed by atoms with Crippen LogP contribution in [0.5, 0.6) is 0 Å². The standard InChI is InChI=1S/C11H20N5O13P3/c1-5(17)7(3-26-31(22,23)29-32(24,25)28-30(19,20)21)27-6(2)16-4-13-8-9(16)14-11(12)15-10(8)18/h4-7,17H,3H2,1-2H3,(H,22,23)(H,24,25)(H2,19,20,21)(H3,12,14,15,18)/t5-,6+,7+/m0/s1. The van der Waals surface area contributed by atoms with Gasteiger partial charge in [0.15, 0.2) is 11.2 Å². The molecule has 0 bridgehead atoms. The topological polar surface area (TPSA) is 279 Å². The molecular weight excluding hydrogens is 503 g/mol. The maximum Gasteiger partial charge on any atom is 0.490 e. The highest BCUT2D eigenvalue weighted by Crippen LogP contribution is 2.66. The molecule has 32 heavy (non-hydrogen) atoms. The molecule has 0 saturated heterocycles. The Hall–Kier alpha value is -1.52. The van der Waals surface area contributed by atoms with E-state index in [1.807, 2.05) is 0 Å². The maximum atomic E-state index is 11.9. The third kappa shape index (κ3) is 7.52. The molecule has 0 spiro atoms. The molecule has 8 N–H and O–H groups in total. The lowest BCUT2D eigenvalue weighted by molar-refractivity contribution is -0.109. The number of anilines is 1. The lowest BCUT2D eigenvalue weighted by Crippen LogP contribution is -2.33. The van der Waals surface area contributed by atoms with Crippen LogP contribution in [-0.4, -0.2) is 63.0 Å². The molecule has 5 atom stereocenters. The van der Waals surface area contributed by atoms with Crippen molar-refractivity contribution in [1.29, 1.82) is 0 Å². The first kappa shape index (κ1) is 26.7. The van der Waals surface area contributed by atoms with Gasteiger partial charge in [0.1, 0.15) is 12.3 Å². The van der Waals surface area contributed by atoms with E-state index in [-0.39, 0.29) is 17.1 Å². The fourth-order valence-electron chi connectivity index (χ4n) is 2.29. The number of nitrogens with two attached hydrogens (primary N) is 1. The first-order chi connectivity index (χ1) is 14.5. The number of aliphatic hydroxyl groups is 1. The first-order valence-electron chi connectivity index (χ1n) is 8.34. The first-order valence-corrected chi connectivity index (χ1v) is 12.9. The molecule has 2 rings (SSSR count). The van der Waals surface area contributed by atoms with Crippen LogP contribution in [0, 0.1) is 0 Å². The van der Waals surface area contributed by atoms with Gasteiger partial charge < -0.3 is 35.2 Å². The van der Waals surface area contributed by atoms with Crippen LogP contribution in [-0.2, 0) is 31.6 Å². The number of nitrogens with one attached hydrogen (secondary N) is 1. The minimum absolute atomic E-state index is 0.0379. The van der Waals surface area contributed by atoms with Gasteiger partial charge in [0.25, 0.3) is 5.56 Å². The molecule has 0 aliphatic heterocycles. The zero-order valence-electron chi connectivity index (χ0n) is 16.3. The molecule has 0 aliphatic rings. The summed E-state index contributed by atoms with van der Waals surface area (Å²) in [7, 11) is -16.6. The van der Waals surface area contributed by atoms with E-state index in [4.69, 9.17) is 25.2 Å². The van der Waals surface area contributed by atoms with Gasteiger partial charge in [0.05, 0.1) is 19.0 Å². The maximum absolute atomic E-state index is 11.9. The number of aromatic nitrogens is 4. The second-order valence-electron chi connectivity index (χ2n) is 6.18. The fourth-order valence-corrected chi connectivity index (χ4v) is 5.32. The molecule has 0 amide bonds. The highest BCUT2D eigenvalue weighted by atomic mass is 31.3. The highest BCUT2D eigenvalue weighted by Gasteiger charge is 2.41. The van der Waals surface area contributed by atoms with E-state index >= 15 is 0 Å². The van der Waals surface area contributed by atoms with Gasteiger partial charge in [-0.25, -0.2) is 18.7 Å². The number of aromatic amines is 1. The van der Waals surface area contributed by atoms with Crippen molar-refractivity contribution >= 4 is 40.6 Å². The van der Waals surface area contributed by atoms with Gasteiger partial charge in [-0.05, 0) is 13.8 Å². The number of hydrogen-bond acceptors (Lipinski definition) is 12. The smallest absolute Gasteiger partial charge is 0.391 e. The fraction of sp³-hybridized carbons (Fsp3) is 0.545. The van der Waals surface area contributed by atoms with E-state index in [1.165, 1.54) is 24.7 Å². The van der Waals surface area contributed by atoms with E-state index in [2.05, 4.69) is 28.1 Å². The van der Waals surface area contributed by atoms with E-state index in [0.29, 0.717) is 0 Å². The number of aliphatic hydroxyl groups excluding tert-OH is 1. The largest absolute Gasteiger partial charge is 0.490 e. The average molecular weight is 523 g/mol. The summed E-state index contributed by atoms with van der Waals surface area (Å²) in [5.41, 5.74) is 4.87. The van der Waals surface area contributed by atoms with Crippen molar-refractivity contribution in [2.45, 2.75) is 32.3 Å². The van der Waals surface area contributed by atoms with Crippen molar-refractivity contribution in [3.63, 3.8) is 0 Å². The van der Waals surface area contributed by atoms with Crippen molar-refractivity contribution in [2.24, 2.45) is 0 Å². The summed E-state index contributed by atoms with van der Waals surface area (Å²) >= 11 is 0. The molecule has 21 heteroatoms. The Kier molecular flexibility index (Phi) is 8.16. The third-order valence-electron chi connectivity index (χ3n) is 3.57. The van der Waals surface area contributed by atoms with Crippen molar-refractivity contribution in [1.82, 2.24) is 19.5 Å². The predicted molar refractivity (Wildman–Crippen MR) is 104 cm³/mol. The summed E-state index contributed by atoms with van der Waals surface area (Å²) in [6, 6.07) is 0. The van der Waals surface area contributed by atoms with E-state index < -0.39 is 54.1 Å². The molecule has 18 nitrogen and oxygen atoms in total. The summed E-state index contributed by atoms with van der Waals surface area (Å²) in [5.74, 6) is -0.198. The molecule has 0 saturated carbocycles. The average Bonchev–Trinajstić information content (AvgIpc) is 2.98. The van der Waals surface area contributed by atoms with Gasteiger partial charge in [-0.2, -0.15) is 13.6 Å². The summed E-state index contributed by atoms with van der Waals surface area (Å²) in [6.45, 7) is 1.78. The van der Waals surface area contributed by atoms with Crippen LogP contribution in [0.1, 0.15) is 20.1 Å². The summed E-state index contributed by atoms with van der Waals surface area (Å²) < 4.78 is 52.3. The summed E-state index contributed by atoms with van der Waals surface area (Å²) in [6.07, 6.45) is -2.48. The number of nitrogens with zero attached hydrogens (tertiary/aromatic N) is 3. The number of nitrogen functional groups attached to an aromatic ring is 1.